The summed E-state index contributed by atoms with van der Waals surface area (Å²) < 4.78 is 6.36. The summed E-state index contributed by atoms with van der Waals surface area (Å²) >= 11 is 0. The molecule has 0 saturated heterocycles. The number of esters is 1. The molecule has 0 bridgehead atoms. The van der Waals surface area contributed by atoms with Gasteiger partial charge < -0.3 is 15.4 Å². The van der Waals surface area contributed by atoms with Crippen LogP contribution in [0.1, 0.15) is 29.7 Å². The van der Waals surface area contributed by atoms with E-state index in [-0.39, 0.29) is 29.6 Å². The second-order valence-electron chi connectivity index (χ2n) is 5.16. The number of nitrogen functional groups attached to an aromatic ring is 1. The third-order valence-electron chi connectivity index (χ3n) is 2.93. The van der Waals surface area contributed by atoms with Crippen molar-refractivity contribution in [3.63, 3.8) is 0 Å². The van der Waals surface area contributed by atoms with E-state index in [9.17, 15) is 9.59 Å². The molecule has 0 atom stereocenters. The molecule has 0 saturated carbocycles. The van der Waals surface area contributed by atoms with Gasteiger partial charge in [0.2, 0.25) is 11.9 Å². The summed E-state index contributed by atoms with van der Waals surface area (Å²) in [6.07, 6.45) is 0.725. The van der Waals surface area contributed by atoms with Gasteiger partial charge in [-0.05, 0) is 12.5 Å². The highest BCUT2D eigenvalue weighted by molar-refractivity contribution is 5.86. The quantitative estimate of drug-likeness (QED) is 0.717. The number of carbonyl (C=O) groups is 1. The number of rotatable bonds is 6. The fraction of sp³-hybridized carbons (Fsp3) is 0.429. The zero-order valence-electron chi connectivity index (χ0n) is 13.8. The van der Waals surface area contributed by atoms with Crippen molar-refractivity contribution in [1.29, 1.82) is 0 Å². The van der Waals surface area contributed by atoms with Crippen molar-refractivity contribution in [2.24, 2.45) is 0 Å². The lowest BCUT2D eigenvalue weighted by molar-refractivity contribution is 0.0452. The molecule has 2 aromatic heterocycles. The van der Waals surface area contributed by atoms with Crippen LogP contribution in [0.4, 0.5) is 11.9 Å². The van der Waals surface area contributed by atoms with Crippen LogP contribution in [-0.4, -0.2) is 44.8 Å². The van der Waals surface area contributed by atoms with Crippen molar-refractivity contribution in [2.75, 3.05) is 24.7 Å². The Kier molecular flexibility index (Phi) is 5.40. The molecule has 2 heterocycles. The van der Waals surface area contributed by atoms with Crippen molar-refractivity contribution >= 4 is 17.9 Å². The van der Waals surface area contributed by atoms with Gasteiger partial charge >= 0.3 is 5.97 Å². The van der Waals surface area contributed by atoms with Gasteiger partial charge in [0.15, 0.2) is 18.1 Å². The molecular formula is C14H19N7O3. The fourth-order valence-electron chi connectivity index (χ4n) is 1.82. The van der Waals surface area contributed by atoms with Gasteiger partial charge in [-0.25, -0.2) is 9.48 Å². The minimum Gasteiger partial charge on any atom is -0.453 e. The second kappa shape index (κ2) is 7.49. The maximum absolute atomic E-state index is 12.1. The Labute approximate surface area is 138 Å². The third-order valence-corrected chi connectivity index (χ3v) is 2.93. The summed E-state index contributed by atoms with van der Waals surface area (Å²) in [5.74, 6) is -0.0517. The molecule has 2 N–H and O–H groups in total. The first-order valence-corrected chi connectivity index (χ1v) is 7.33. The van der Waals surface area contributed by atoms with Gasteiger partial charge in [-0.2, -0.15) is 20.1 Å². The predicted molar refractivity (Wildman–Crippen MR) is 86.5 cm³/mol. The molecule has 0 aromatic carbocycles. The SMILES string of the molecule is CCCn1nc(C(=O)OCc2nc(N)nc(N(C)C)n2)ccc1=O. The lowest BCUT2D eigenvalue weighted by atomic mass is 10.4. The first kappa shape index (κ1) is 17.3. The molecule has 24 heavy (non-hydrogen) atoms. The number of nitrogens with two attached hydrogens (primary N) is 1. The van der Waals surface area contributed by atoms with E-state index in [0.717, 1.165) is 6.42 Å². The molecule has 0 fully saturated rings. The maximum Gasteiger partial charge on any atom is 0.359 e. The molecule has 128 valence electrons. The van der Waals surface area contributed by atoms with Crippen molar-refractivity contribution in [3.05, 3.63) is 34.0 Å². The van der Waals surface area contributed by atoms with Crippen LogP contribution >= 0.6 is 0 Å². The Morgan fingerprint density at radius 3 is 2.71 bits per heavy atom. The average molecular weight is 333 g/mol. The highest BCUT2D eigenvalue weighted by atomic mass is 16.5. The number of hydrogen-bond donors (Lipinski definition) is 1. The van der Waals surface area contributed by atoms with E-state index in [0.29, 0.717) is 12.5 Å². The van der Waals surface area contributed by atoms with E-state index in [1.165, 1.54) is 16.8 Å². The zero-order chi connectivity index (χ0) is 17.7. The van der Waals surface area contributed by atoms with E-state index in [2.05, 4.69) is 20.1 Å². The number of hydrogen-bond acceptors (Lipinski definition) is 9. The van der Waals surface area contributed by atoms with Crippen LogP contribution in [0.15, 0.2) is 16.9 Å². The summed E-state index contributed by atoms with van der Waals surface area (Å²) in [5, 5.41) is 3.98. The van der Waals surface area contributed by atoms with E-state index in [1.54, 1.807) is 19.0 Å². The summed E-state index contributed by atoms with van der Waals surface area (Å²) in [7, 11) is 3.51. The number of anilines is 2. The summed E-state index contributed by atoms with van der Waals surface area (Å²) in [6, 6.07) is 2.61. The van der Waals surface area contributed by atoms with Crippen LogP contribution in [0.25, 0.3) is 0 Å². The van der Waals surface area contributed by atoms with Gasteiger partial charge in [0, 0.05) is 26.7 Å². The van der Waals surface area contributed by atoms with Gasteiger partial charge in [0.05, 0.1) is 0 Å². The summed E-state index contributed by atoms with van der Waals surface area (Å²) in [6.45, 7) is 2.16. The molecule has 2 rings (SSSR count). The Balaban J connectivity index is 2.11. The number of nitrogens with zero attached hydrogens (tertiary/aromatic N) is 6. The Hall–Kier alpha value is -3.04. The van der Waals surface area contributed by atoms with Crippen LogP contribution in [0.2, 0.25) is 0 Å². The Morgan fingerprint density at radius 1 is 1.29 bits per heavy atom. The molecule has 0 unspecified atom stereocenters. The van der Waals surface area contributed by atoms with E-state index in [4.69, 9.17) is 10.5 Å². The minimum absolute atomic E-state index is 0.0365. The molecule has 0 radical (unpaired) electrons. The monoisotopic (exact) mass is 333 g/mol. The van der Waals surface area contributed by atoms with Gasteiger partial charge in [-0.15, -0.1) is 0 Å². The molecule has 0 aliphatic rings. The van der Waals surface area contributed by atoms with Crippen LogP contribution in [-0.2, 0) is 17.9 Å². The van der Waals surface area contributed by atoms with Gasteiger partial charge in [-0.3, -0.25) is 4.79 Å². The topological polar surface area (TPSA) is 129 Å². The third kappa shape index (κ3) is 4.24. The van der Waals surface area contributed by atoms with Crippen molar-refractivity contribution in [3.8, 4) is 0 Å². The molecular weight excluding hydrogens is 314 g/mol. The molecule has 10 nitrogen and oxygen atoms in total. The Morgan fingerprint density at radius 2 is 2.04 bits per heavy atom. The van der Waals surface area contributed by atoms with Crippen LogP contribution in [0.3, 0.4) is 0 Å². The molecule has 0 aliphatic carbocycles. The average Bonchev–Trinajstić information content (AvgIpc) is 2.54. The highest BCUT2D eigenvalue weighted by Crippen LogP contribution is 2.07. The van der Waals surface area contributed by atoms with E-state index >= 15 is 0 Å². The van der Waals surface area contributed by atoms with Crippen molar-refractivity contribution in [1.82, 2.24) is 24.7 Å². The second-order valence-corrected chi connectivity index (χ2v) is 5.16. The van der Waals surface area contributed by atoms with Gasteiger partial charge in [-0.1, -0.05) is 6.92 Å². The first-order valence-electron chi connectivity index (χ1n) is 7.33. The number of aryl methyl sites for hydroxylation is 1. The van der Waals surface area contributed by atoms with Crippen LogP contribution in [0, 0.1) is 0 Å². The minimum atomic E-state index is -0.676. The first-order chi connectivity index (χ1) is 11.4. The van der Waals surface area contributed by atoms with Gasteiger partial charge in [0.25, 0.3) is 5.56 Å². The van der Waals surface area contributed by atoms with Crippen molar-refractivity contribution in [2.45, 2.75) is 26.5 Å². The molecule has 0 spiro atoms. The molecule has 0 aliphatic heterocycles. The molecule has 10 heteroatoms. The number of ether oxygens (including phenoxy) is 1. The summed E-state index contributed by atoms with van der Waals surface area (Å²) in [5.41, 5.74) is 5.38. The van der Waals surface area contributed by atoms with Crippen LogP contribution < -0.4 is 16.2 Å². The molecule has 0 amide bonds. The molecule has 2 aromatic rings. The standard InChI is InChI=1S/C14H19N7O3/c1-4-7-21-11(22)6-5-9(19-21)12(23)24-8-10-16-13(15)18-14(17-10)20(2)3/h5-6H,4,7-8H2,1-3H3,(H2,15,16,17,18). The van der Waals surface area contributed by atoms with E-state index in [1.807, 2.05) is 6.92 Å². The number of aromatic nitrogens is 5. The fourth-order valence-corrected chi connectivity index (χ4v) is 1.82. The summed E-state index contributed by atoms with van der Waals surface area (Å²) in [4.78, 5) is 37.3. The van der Waals surface area contributed by atoms with E-state index < -0.39 is 5.97 Å². The number of carbonyl (C=O) groups excluding carboxylic acids is 1. The van der Waals surface area contributed by atoms with Gasteiger partial charge in [0.1, 0.15) is 0 Å². The Bertz CT molecular complexity index is 788. The van der Waals surface area contributed by atoms with Crippen LogP contribution in [0.5, 0.6) is 0 Å². The highest BCUT2D eigenvalue weighted by Gasteiger charge is 2.13. The van der Waals surface area contributed by atoms with Crippen molar-refractivity contribution < 1.29 is 9.53 Å². The zero-order valence-corrected chi connectivity index (χ0v) is 13.8. The lowest BCUT2D eigenvalue weighted by Crippen LogP contribution is -2.25. The maximum atomic E-state index is 12.1. The smallest absolute Gasteiger partial charge is 0.359 e. The predicted octanol–water partition coefficient (Wildman–Crippen LogP) is -0.156. The largest absolute Gasteiger partial charge is 0.453 e. The normalized spacial score (nSPS) is 10.5. The lowest BCUT2D eigenvalue weighted by Gasteiger charge is -2.11.